The van der Waals surface area contributed by atoms with Crippen LogP contribution in [0.1, 0.15) is 44.0 Å². The topological polar surface area (TPSA) is 81.7 Å². The van der Waals surface area contributed by atoms with Gasteiger partial charge in [-0.2, -0.15) is 0 Å². The average molecular weight is 394 g/mol. The van der Waals surface area contributed by atoms with Gasteiger partial charge in [-0.15, -0.1) is 11.8 Å². The lowest BCUT2D eigenvalue weighted by Gasteiger charge is -2.16. The summed E-state index contributed by atoms with van der Waals surface area (Å²) in [6.07, 6.45) is 2.10. The van der Waals surface area contributed by atoms with Gasteiger partial charge in [0.25, 0.3) is 0 Å². The zero-order chi connectivity index (χ0) is 19.9. The monoisotopic (exact) mass is 393 g/mol. The first-order chi connectivity index (χ1) is 12.8. The van der Waals surface area contributed by atoms with Crippen LogP contribution in [0.25, 0.3) is 0 Å². The quantitative estimate of drug-likeness (QED) is 0.540. The Morgan fingerprint density at radius 3 is 2.67 bits per heavy atom. The molecule has 1 aromatic rings. The second kappa shape index (κ2) is 9.90. The maximum Gasteiger partial charge on any atom is 0.339 e. The van der Waals surface area contributed by atoms with Crippen LogP contribution < -0.4 is 5.32 Å². The van der Waals surface area contributed by atoms with E-state index in [4.69, 9.17) is 9.47 Å². The molecule has 1 aliphatic rings. The molecule has 1 N–H and O–H groups in total. The summed E-state index contributed by atoms with van der Waals surface area (Å²) in [5.41, 5.74) is -0.202. The van der Waals surface area contributed by atoms with Crippen molar-refractivity contribution in [2.75, 3.05) is 25.5 Å². The van der Waals surface area contributed by atoms with Crippen LogP contribution in [0.2, 0.25) is 0 Å². The Balaban J connectivity index is 1.85. The normalized spacial score (nSPS) is 16.8. The van der Waals surface area contributed by atoms with E-state index in [1.807, 2.05) is 0 Å². The van der Waals surface area contributed by atoms with Crippen LogP contribution in [-0.4, -0.2) is 49.3 Å². The van der Waals surface area contributed by atoms with Crippen LogP contribution >= 0.6 is 11.8 Å². The molecule has 0 saturated carbocycles. The van der Waals surface area contributed by atoms with Crippen molar-refractivity contribution < 1.29 is 23.9 Å². The molecule has 0 bridgehead atoms. The molecule has 27 heavy (non-hydrogen) atoms. The molecular weight excluding hydrogens is 366 g/mol. The highest BCUT2D eigenvalue weighted by Gasteiger charge is 2.23. The zero-order valence-electron chi connectivity index (χ0n) is 16.1. The van der Waals surface area contributed by atoms with Gasteiger partial charge in [-0.3, -0.25) is 9.59 Å². The molecule has 1 saturated heterocycles. The predicted octanol–water partition coefficient (Wildman–Crippen LogP) is 2.85. The summed E-state index contributed by atoms with van der Waals surface area (Å²) in [7, 11) is 0. The van der Waals surface area contributed by atoms with E-state index >= 15 is 0 Å². The lowest BCUT2D eigenvalue weighted by molar-refractivity contribution is -0.129. The number of ether oxygens (including phenoxy) is 2. The number of rotatable bonds is 8. The Kier molecular flexibility index (Phi) is 7.86. The first-order valence-corrected chi connectivity index (χ1v) is 10.1. The van der Waals surface area contributed by atoms with Crippen molar-refractivity contribution in [1.29, 1.82) is 0 Å². The van der Waals surface area contributed by atoms with E-state index in [1.165, 1.54) is 11.8 Å². The second-order valence-electron chi connectivity index (χ2n) is 7.47. The molecule has 0 unspecified atom stereocenters. The number of carbonyl (C=O) groups excluding carboxylic acids is 3. The molecule has 6 nitrogen and oxygen atoms in total. The number of hydrogen-bond donors (Lipinski definition) is 1. The molecule has 1 aliphatic heterocycles. The Morgan fingerprint density at radius 2 is 2.00 bits per heavy atom. The van der Waals surface area contributed by atoms with Crippen molar-refractivity contribution in [1.82, 2.24) is 5.32 Å². The van der Waals surface area contributed by atoms with Crippen molar-refractivity contribution in [3.63, 3.8) is 0 Å². The predicted molar refractivity (Wildman–Crippen MR) is 104 cm³/mol. The molecule has 1 heterocycles. The van der Waals surface area contributed by atoms with Gasteiger partial charge in [0.1, 0.15) is 0 Å². The summed E-state index contributed by atoms with van der Waals surface area (Å²) < 4.78 is 10.6. The summed E-state index contributed by atoms with van der Waals surface area (Å²) in [5.74, 6) is -0.621. The number of nitrogens with one attached hydrogen (secondary N) is 1. The number of Topliss-reactive ketones (excluding diaryl/α,β-unsaturated/α-hetero) is 1. The van der Waals surface area contributed by atoms with Gasteiger partial charge in [-0.25, -0.2) is 4.79 Å². The summed E-state index contributed by atoms with van der Waals surface area (Å²) in [5, 5.41) is 2.85. The van der Waals surface area contributed by atoms with E-state index in [-0.39, 0.29) is 30.2 Å². The first-order valence-electron chi connectivity index (χ1n) is 9.08. The third-order valence-corrected chi connectivity index (χ3v) is 5.26. The maximum absolute atomic E-state index is 12.3. The third kappa shape index (κ3) is 6.99. The van der Waals surface area contributed by atoms with E-state index in [0.717, 1.165) is 19.4 Å². The first kappa shape index (κ1) is 21.4. The minimum Gasteiger partial charge on any atom is -0.454 e. The van der Waals surface area contributed by atoms with Gasteiger partial charge in [0.15, 0.2) is 12.4 Å². The fourth-order valence-electron chi connectivity index (χ4n) is 2.41. The smallest absolute Gasteiger partial charge is 0.339 e. The molecule has 1 amide bonds. The van der Waals surface area contributed by atoms with Crippen LogP contribution in [-0.2, 0) is 19.1 Å². The van der Waals surface area contributed by atoms with Gasteiger partial charge >= 0.3 is 5.97 Å². The Bertz CT molecular complexity index is 677. The second-order valence-corrected chi connectivity index (χ2v) is 8.49. The molecule has 1 aromatic carbocycles. The highest BCUT2D eigenvalue weighted by molar-refractivity contribution is 8.00. The molecule has 7 heteroatoms. The van der Waals surface area contributed by atoms with Crippen LogP contribution in [0.15, 0.2) is 29.2 Å². The zero-order valence-corrected chi connectivity index (χ0v) is 16.9. The fraction of sp³-hybridized carbons (Fsp3) is 0.550. The van der Waals surface area contributed by atoms with Crippen molar-refractivity contribution in [2.45, 2.75) is 44.6 Å². The van der Waals surface area contributed by atoms with E-state index in [1.54, 1.807) is 45.0 Å². The lowest BCUT2D eigenvalue weighted by atomic mass is 9.91. The summed E-state index contributed by atoms with van der Waals surface area (Å²) in [6.45, 7) is 6.34. The highest BCUT2D eigenvalue weighted by atomic mass is 32.2. The molecule has 148 valence electrons. The lowest BCUT2D eigenvalue weighted by Crippen LogP contribution is -2.32. The number of carbonyl (C=O) groups is 3. The molecule has 1 atom stereocenters. The Labute approximate surface area is 164 Å². The number of ketones is 1. The molecule has 0 radical (unpaired) electrons. The number of thioether (sulfide) groups is 1. The average Bonchev–Trinajstić information content (AvgIpc) is 3.15. The number of benzene rings is 1. The summed E-state index contributed by atoms with van der Waals surface area (Å²) in [4.78, 5) is 37.0. The van der Waals surface area contributed by atoms with Crippen molar-refractivity contribution in [3.8, 4) is 0 Å². The van der Waals surface area contributed by atoms with Crippen LogP contribution in [0, 0.1) is 5.41 Å². The molecular formula is C20H27NO5S. The maximum atomic E-state index is 12.3. The number of hydrogen-bond acceptors (Lipinski definition) is 6. The van der Waals surface area contributed by atoms with Crippen molar-refractivity contribution >= 4 is 29.4 Å². The summed E-state index contributed by atoms with van der Waals surface area (Å²) in [6, 6.07) is 6.92. The molecule has 0 aliphatic carbocycles. The van der Waals surface area contributed by atoms with Crippen LogP contribution in [0.4, 0.5) is 0 Å². The number of esters is 1. The highest BCUT2D eigenvalue weighted by Crippen LogP contribution is 2.24. The molecule has 0 aromatic heterocycles. The van der Waals surface area contributed by atoms with E-state index in [0.29, 0.717) is 17.0 Å². The molecule has 2 rings (SSSR count). The third-order valence-electron chi connectivity index (χ3n) is 4.19. The number of amides is 1. The standard InChI is InChI=1S/C20H27NO5S/c1-20(2,3)17(22)12-26-19(24)15-8-4-5-9-16(15)27-13-18(23)21-11-14-7-6-10-25-14/h4-5,8-9,14H,6-7,10-13H2,1-3H3,(H,21,23)/t14-/m1/s1. The van der Waals surface area contributed by atoms with Crippen LogP contribution in [0.5, 0.6) is 0 Å². The minimum atomic E-state index is -0.560. The van der Waals surface area contributed by atoms with E-state index in [2.05, 4.69) is 5.32 Å². The Morgan fingerprint density at radius 1 is 1.26 bits per heavy atom. The van der Waals surface area contributed by atoms with E-state index in [9.17, 15) is 14.4 Å². The molecule has 0 spiro atoms. The van der Waals surface area contributed by atoms with Crippen molar-refractivity contribution in [2.24, 2.45) is 5.41 Å². The molecule has 1 fully saturated rings. The summed E-state index contributed by atoms with van der Waals surface area (Å²) >= 11 is 1.27. The van der Waals surface area contributed by atoms with Gasteiger partial charge < -0.3 is 14.8 Å². The van der Waals surface area contributed by atoms with Gasteiger partial charge in [0.05, 0.1) is 17.4 Å². The Hall–Kier alpha value is -1.86. The fourth-order valence-corrected chi connectivity index (χ4v) is 3.28. The van der Waals surface area contributed by atoms with Crippen molar-refractivity contribution in [3.05, 3.63) is 29.8 Å². The van der Waals surface area contributed by atoms with Gasteiger partial charge in [0.2, 0.25) is 5.91 Å². The minimum absolute atomic E-state index is 0.0987. The van der Waals surface area contributed by atoms with Crippen LogP contribution in [0.3, 0.4) is 0 Å². The van der Waals surface area contributed by atoms with E-state index < -0.39 is 11.4 Å². The largest absolute Gasteiger partial charge is 0.454 e. The van der Waals surface area contributed by atoms with Gasteiger partial charge in [0, 0.05) is 23.5 Å². The van der Waals surface area contributed by atoms with Gasteiger partial charge in [-0.1, -0.05) is 32.9 Å². The van der Waals surface area contributed by atoms with Gasteiger partial charge in [-0.05, 0) is 25.0 Å². The SMILES string of the molecule is CC(C)(C)C(=O)COC(=O)c1ccccc1SCC(=O)NC[C@H]1CCCO1.